The number of ether oxygens (including phenoxy) is 2. The molecule has 3 aromatic rings. The van der Waals surface area contributed by atoms with Crippen LogP contribution in [0.15, 0.2) is 59.6 Å². The number of carbonyl (C=O) groups excluding carboxylic acids is 1. The second-order valence-corrected chi connectivity index (χ2v) is 12.2. The Labute approximate surface area is 230 Å². The van der Waals surface area contributed by atoms with Crippen LogP contribution in [0.1, 0.15) is 51.2 Å². The van der Waals surface area contributed by atoms with E-state index in [1.807, 2.05) is 62.9 Å². The third-order valence-electron chi connectivity index (χ3n) is 6.12. The van der Waals surface area contributed by atoms with Crippen LogP contribution >= 0.6 is 0 Å². The van der Waals surface area contributed by atoms with Gasteiger partial charge in [0.15, 0.2) is 5.03 Å². The number of benzene rings is 1. The molecule has 2 aromatic heterocycles. The molecular formula is C29H36N4O5S. The summed E-state index contributed by atoms with van der Waals surface area (Å²) < 4.78 is 40.7. The molecule has 39 heavy (non-hydrogen) atoms. The van der Waals surface area contributed by atoms with Crippen molar-refractivity contribution in [1.29, 1.82) is 0 Å². The minimum atomic E-state index is -4.00. The average molecular weight is 553 g/mol. The summed E-state index contributed by atoms with van der Waals surface area (Å²) in [6.45, 7) is 9.46. The molecule has 0 amide bonds. The van der Waals surface area contributed by atoms with Gasteiger partial charge in [0.1, 0.15) is 17.2 Å². The lowest BCUT2D eigenvalue weighted by Gasteiger charge is -2.25. The number of hydrogen-bond donors (Lipinski definition) is 1. The Morgan fingerprint density at radius 2 is 1.87 bits per heavy atom. The van der Waals surface area contributed by atoms with Crippen LogP contribution in [0.5, 0.6) is 0 Å². The molecule has 10 heteroatoms. The van der Waals surface area contributed by atoms with Crippen LogP contribution in [0, 0.1) is 6.92 Å². The largest absolute Gasteiger partial charge is 0.460 e. The van der Waals surface area contributed by atoms with Crippen molar-refractivity contribution in [3.05, 3.63) is 65.7 Å². The lowest BCUT2D eigenvalue weighted by molar-refractivity contribution is -0.154. The highest BCUT2D eigenvalue weighted by Crippen LogP contribution is 2.28. The van der Waals surface area contributed by atoms with Crippen molar-refractivity contribution in [3.63, 3.8) is 0 Å². The van der Waals surface area contributed by atoms with Crippen molar-refractivity contribution in [1.82, 2.24) is 9.97 Å². The molecule has 208 valence electrons. The maximum absolute atomic E-state index is 13.3. The first kappa shape index (κ1) is 28.5. The standard InChI is InChI=1S/C29H36N4O5S/c1-21-15-16-24-30-28(21)23-11-6-5-10-22(23)20-37-19-9-18-33(17-8-14-27(34)38-29(2,3)4)25-12-7-13-26(31-25)39(35,36)32-24/h5-7,10-13,15-16H,8-9,14,17-20H2,1-4H3,(H,30,32). The van der Waals surface area contributed by atoms with Crippen molar-refractivity contribution in [2.45, 2.75) is 64.2 Å². The monoisotopic (exact) mass is 552 g/mol. The van der Waals surface area contributed by atoms with Gasteiger partial charge in [0.05, 0.1) is 12.3 Å². The number of pyridine rings is 2. The maximum atomic E-state index is 13.3. The van der Waals surface area contributed by atoms with E-state index in [2.05, 4.69) is 14.7 Å². The molecule has 4 rings (SSSR count). The Morgan fingerprint density at radius 3 is 2.67 bits per heavy atom. The summed E-state index contributed by atoms with van der Waals surface area (Å²) in [5.41, 5.74) is 2.95. The van der Waals surface area contributed by atoms with Crippen LogP contribution in [0.4, 0.5) is 11.6 Å². The van der Waals surface area contributed by atoms with Gasteiger partial charge in [-0.15, -0.1) is 0 Å². The Bertz CT molecular complexity index is 1420. The van der Waals surface area contributed by atoms with Gasteiger partial charge in [-0.25, -0.2) is 9.97 Å². The van der Waals surface area contributed by atoms with E-state index in [4.69, 9.17) is 9.47 Å². The summed E-state index contributed by atoms with van der Waals surface area (Å²) in [6.07, 6.45) is 1.48. The summed E-state index contributed by atoms with van der Waals surface area (Å²) in [5.74, 6) is 0.453. The third kappa shape index (κ3) is 7.77. The predicted octanol–water partition coefficient (Wildman–Crippen LogP) is 5.10. The highest BCUT2D eigenvalue weighted by atomic mass is 32.2. The first-order valence-corrected chi connectivity index (χ1v) is 14.6. The number of nitrogens with one attached hydrogen (secondary N) is 1. The van der Waals surface area contributed by atoms with Gasteiger partial charge in [0.25, 0.3) is 10.0 Å². The first-order chi connectivity index (χ1) is 18.5. The SMILES string of the molecule is Cc1ccc2nc1-c1ccccc1COCCCN(CCCC(=O)OC(C)(C)C)c1cccc(n1)S(=O)(=O)N2. The maximum Gasteiger partial charge on any atom is 0.306 e. The average Bonchev–Trinajstić information content (AvgIpc) is 2.87. The molecule has 4 bridgehead atoms. The van der Waals surface area contributed by atoms with Gasteiger partial charge < -0.3 is 14.4 Å². The molecule has 0 saturated heterocycles. The number of rotatable bonds is 4. The van der Waals surface area contributed by atoms with E-state index < -0.39 is 15.6 Å². The van der Waals surface area contributed by atoms with Gasteiger partial charge in [-0.2, -0.15) is 8.42 Å². The Balaban J connectivity index is 1.63. The minimum Gasteiger partial charge on any atom is -0.460 e. The minimum absolute atomic E-state index is 0.107. The van der Waals surface area contributed by atoms with Gasteiger partial charge in [-0.05, 0) is 69.9 Å². The second kappa shape index (κ2) is 12.1. The third-order valence-corrected chi connectivity index (χ3v) is 7.38. The van der Waals surface area contributed by atoms with Crippen molar-refractivity contribution < 1.29 is 22.7 Å². The molecule has 1 aliphatic rings. The number of nitrogens with zero attached hydrogens (tertiary/aromatic N) is 3. The highest BCUT2D eigenvalue weighted by Gasteiger charge is 2.21. The fourth-order valence-electron chi connectivity index (χ4n) is 4.34. The van der Waals surface area contributed by atoms with E-state index in [1.54, 1.807) is 18.2 Å². The molecule has 0 spiro atoms. The number of esters is 1. The zero-order chi connectivity index (χ0) is 28.0. The normalized spacial score (nSPS) is 15.6. The molecule has 0 unspecified atom stereocenters. The quantitative estimate of drug-likeness (QED) is 0.445. The zero-order valence-electron chi connectivity index (χ0n) is 22.9. The van der Waals surface area contributed by atoms with E-state index in [9.17, 15) is 13.2 Å². The number of anilines is 2. The van der Waals surface area contributed by atoms with E-state index in [0.717, 1.165) is 16.7 Å². The first-order valence-electron chi connectivity index (χ1n) is 13.1. The van der Waals surface area contributed by atoms with Crippen molar-refractivity contribution in [2.24, 2.45) is 0 Å². The molecule has 9 nitrogen and oxygen atoms in total. The summed E-state index contributed by atoms with van der Waals surface area (Å²) in [4.78, 5) is 23.3. The van der Waals surface area contributed by atoms with E-state index in [-0.39, 0.29) is 23.2 Å². The van der Waals surface area contributed by atoms with Crippen LogP contribution in [0.2, 0.25) is 0 Å². The van der Waals surface area contributed by atoms with Crippen molar-refractivity contribution >= 4 is 27.6 Å². The van der Waals surface area contributed by atoms with Crippen molar-refractivity contribution in [3.8, 4) is 11.3 Å². The highest BCUT2D eigenvalue weighted by molar-refractivity contribution is 7.92. The molecule has 1 aliphatic heterocycles. The summed E-state index contributed by atoms with van der Waals surface area (Å²) in [6, 6.07) is 16.2. The number of sulfonamides is 1. The van der Waals surface area contributed by atoms with Crippen molar-refractivity contribution in [2.75, 3.05) is 29.3 Å². The summed E-state index contributed by atoms with van der Waals surface area (Å²) in [5, 5.41) is -0.107. The van der Waals surface area contributed by atoms with Crippen LogP contribution < -0.4 is 9.62 Å². The number of fused-ring (bicyclic) bond motifs is 6. The molecular weight excluding hydrogens is 516 g/mol. The Morgan fingerprint density at radius 1 is 1.08 bits per heavy atom. The van der Waals surface area contributed by atoms with Crippen LogP contribution in [0.3, 0.4) is 0 Å². The zero-order valence-corrected chi connectivity index (χ0v) is 23.8. The molecule has 0 aliphatic carbocycles. The summed E-state index contributed by atoms with van der Waals surface area (Å²) in [7, 11) is -4.00. The fraction of sp³-hybridized carbons (Fsp3) is 0.414. The Hall–Kier alpha value is -3.50. The van der Waals surface area contributed by atoms with Gasteiger partial charge in [0.2, 0.25) is 0 Å². The molecule has 0 radical (unpaired) electrons. The molecule has 0 saturated carbocycles. The van der Waals surface area contributed by atoms with Gasteiger partial charge >= 0.3 is 5.97 Å². The van der Waals surface area contributed by atoms with E-state index in [1.165, 1.54) is 6.07 Å². The van der Waals surface area contributed by atoms with Crippen LogP contribution in [0.25, 0.3) is 11.3 Å². The lowest BCUT2D eigenvalue weighted by atomic mass is 10.0. The lowest BCUT2D eigenvalue weighted by Crippen LogP contribution is -2.29. The van der Waals surface area contributed by atoms with E-state index >= 15 is 0 Å². The predicted molar refractivity (Wildman–Crippen MR) is 151 cm³/mol. The topological polar surface area (TPSA) is 111 Å². The van der Waals surface area contributed by atoms with Gasteiger partial charge in [-0.1, -0.05) is 36.4 Å². The second-order valence-electron chi connectivity index (χ2n) is 10.5. The number of carbonyl (C=O) groups is 1. The van der Waals surface area contributed by atoms with Crippen LogP contribution in [-0.2, 0) is 30.9 Å². The molecule has 1 aromatic carbocycles. The molecule has 1 N–H and O–H groups in total. The van der Waals surface area contributed by atoms with Crippen LogP contribution in [-0.4, -0.2) is 49.7 Å². The fourth-order valence-corrected chi connectivity index (χ4v) is 5.31. The van der Waals surface area contributed by atoms with Gasteiger partial charge in [0, 0.05) is 31.7 Å². The smallest absolute Gasteiger partial charge is 0.306 e. The van der Waals surface area contributed by atoms with Gasteiger partial charge in [-0.3, -0.25) is 9.52 Å². The summed E-state index contributed by atoms with van der Waals surface area (Å²) >= 11 is 0. The molecule has 3 heterocycles. The number of hydrogen-bond acceptors (Lipinski definition) is 8. The number of aromatic nitrogens is 2. The molecule has 0 atom stereocenters. The number of aryl methyl sites for hydroxylation is 1. The Kier molecular flexibility index (Phi) is 8.87. The van der Waals surface area contributed by atoms with E-state index in [0.29, 0.717) is 50.7 Å². The molecule has 0 fully saturated rings.